The molecule has 5 aromatic rings. The van der Waals surface area contributed by atoms with Crippen LogP contribution in [-0.4, -0.2) is 58.0 Å². The fourth-order valence-corrected chi connectivity index (χ4v) is 4.69. The van der Waals surface area contributed by atoms with Crippen molar-refractivity contribution in [2.45, 2.75) is 6.10 Å². The maximum Gasteiger partial charge on any atom is 0.270 e. The number of nitrogen functional groups attached to an aromatic ring is 1. The van der Waals surface area contributed by atoms with Crippen molar-refractivity contribution in [2.75, 3.05) is 42.7 Å². The second-order valence-electron chi connectivity index (χ2n) is 8.86. The number of likely N-dealkylation sites (N-methyl/N-ethyl adjacent to an activating group) is 2. The summed E-state index contributed by atoms with van der Waals surface area (Å²) in [5.41, 5.74) is 8.09. The number of para-hydroxylation sites is 1. The maximum absolute atomic E-state index is 13.8. The van der Waals surface area contributed by atoms with Gasteiger partial charge in [0, 0.05) is 26.4 Å². The zero-order chi connectivity index (χ0) is 25.0. The molecule has 3 N–H and O–H groups in total. The summed E-state index contributed by atoms with van der Waals surface area (Å²) in [5, 5.41) is 7.79. The molecule has 1 unspecified atom stereocenters. The van der Waals surface area contributed by atoms with E-state index in [4.69, 9.17) is 15.5 Å². The van der Waals surface area contributed by atoms with Crippen molar-refractivity contribution in [1.29, 1.82) is 0 Å². The summed E-state index contributed by atoms with van der Waals surface area (Å²) >= 11 is 0. The third-order valence-electron chi connectivity index (χ3n) is 6.39. The number of fused-ring (bicyclic) bond motifs is 4. The van der Waals surface area contributed by atoms with Gasteiger partial charge in [0.1, 0.15) is 23.1 Å². The van der Waals surface area contributed by atoms with Gasteiger partial charge in [-0.1, -0.05) is 18.2 Å². The summed E-state index contributed by atoms with van der Waals surface area (Å²) in [5.74, 6) is 0.685. The predicted molar refractivity (Wildman–Crippen MR) is 137 cm³/mol. The number of nitrogens with zero attached hydrogens (tertiary/aromatic N) is 6. The number of benzene rings is 2. The average molecular weight is 487 g/mol. The minimum Gasteiger partial charge on any atom is -0.484 e. The van der Waals surface area contributed by atoms with Gasteiger partial charge in [0.15, 0.2) is 11.5 Å². The van der Waals surface area contributed by atoms with Gasteiger partial charge in [0.2, 0.25) is 5.95 Å². The van der Waals surface area contributed by atoms with E-state index in [1.807, 2.05) is 54.2 Å². The second-order valence-corrected chi connectivity index (χ2v) is 8.86. The monoisotopic (exact) mass is 486 g/mol. The minimum atomic E-state index is -0.348. The molecule has 1 atom stereocenters. The molecule has 0 saturated heterocycles. The summed E-state index contributed by atoms with van der Waals surface area (Å²) in [6, 6.07) is 13.8. The molecule has 0 saturated carbocycles. The summed E-state index contributed by atoms with van der Waals surface area (Å²) in [7, 11) is 3.79. The number of H-pyrrole nitrogens is 1. The van der Waals surface area contributed by atoms with Crippen LogP contribution in [0.1, 0.15) is 0 Å². The van der Waals surface area contributed by atoms with Gasteiger partial charge < -0.3 is 20.3 Å². The molecule has 11 heteroatoms. The van der Waals surface area contributed by atoms with Crippen molar-refractivity contribution >= 4 is 39.4 Å². The van der Waals surface area contributed by atoms with E-state index < -0.39 is 0 Å². The van der Waals surface area contributed by atoms with Gasteiger partial charge in [-0.3, -0.25) is 14.5 Å². The Kier molecular flexibility index (Phi) is 4.99. The second kappa shape index (κ2) is 8.22. The SMILES string of the molecule is CN(CC1CN(C)c2ccc(F)cc2O1)c1ncc2c3[nH]nc(N)c3c(=O)n(-c3ccccc3)c2n1. The molecule has 10 nitrogen and oxygen atoms in total. The van der Waals surface area contributed by atoms with Crippen molar-refractivity contribution in [3.8, 4) is 11.4 Å². The standard InChI is InChI=1S/C25H23FN8O2/c1-32-12-16(36-19-10-14(26)8-9-18(19)32)13-33(2)25-28-11-17-21-20(22(27)31-30-21)24(35)34(23(17)29-25)15-6-4-3-5-7-15/h3-11,16H,12-13H2,1-2H3,(H3,27,30,31). The van der Waals surface area contributed by atoms with Crippen LogP contribution in [0.4, 0.5) is 21.8 Å². The smallest absolute Gasteiger partial charge is 0.270 e. The number of hydrogen-bond donors (Lipinski definition) is 2. The predicted octanol–water partition coefficient (Wildman–Crippen LogP) is 2.71. The van der Waals surface area contributed by atoms with Gasteiger partial charge in [0.05, 0.1) is 35.4 Å². The number of rotatable bonds is 4. The van der Waals surface area contributed by atoms with Crippen LogP contribution < -0.4 is 25.8 Å². The Labute approximate surface area is 204 Å². The highest BCUT2D eigenvalue weighted by atomic mass is 19.1. The summed E-state index contributed by atoms with van der Waals surface area (Å²) in [6.45, 7) is 1.06. The van der Waals surface area contributed by atoms with Gasteiger partial charge >= 0.3 is 0 Å². The molecule has 0 aliphatic carbocycles. The molecule has 1 aliphatic rings. The Morgan fingerprint density at radius 2 is 2.06 bits per heavy atom. The Morgan fingerprint density at radius 1 is 1.25 bits per heavy atom. The normalized spacial score (nSPS) is 15.2. The summed E-state index contributed by atoms with van der Waals surface area (Å²) < 4.78 is 21.4. The number of nitrogens with two attached hydrogens (primary N) is 1. The molecule has 0 amide bonds. The van der Waals surface area contributed by atoms with E-state index in [1.54, 1.807) is 12.3 Å². The lowest BCUT2D eigenvalue weighted by molar-refractivity contribution is 0.201. The number of hydrogen-bond acceptors (Lipinski definition) is 8. The summed E-state index contributed by atoms with van der Waals surface area (Å²) in [4.78, 5) is 26.7. The average Bonchev–Trinajstić information content (AvgIpc) is 3.26. The Hall–Kier alpha value is -4.67. The number of pyridine rings is 1. The maximum atomic E-state index is 13.8. The first kappa shape index (κ1) is 21.8. The van der Waals surface area contributed by atoms with Crippen LogP contribution in [-0.2, 0) is 0 Å². The van der Waals surface area contributed by atoms with E-state index in [0.717, 1.165) is 5.69 Å². The van der Waals surface area contributed by atoms with Crippen LogP contribution in [0.5, 0.6) is 5.75 Å². The van der Waals surface area contributed by atoms with Gasteiger partial charge in [0.25, 0.3) is 5.56 Å². The van der Waals surface area contributed by atoms with E-state index in [2.05, 4.69) is 15.2 Å². The highest BCUT2D eigenvalue weighted by Gasteiger charge is 2.26. The van der Waals surface area contributed by atoms with Gasteiger partial charge in [-0.25, -0.2) is 9.37 Å². The van der Waals surface area contributed by atoms with E-state index in [1.165, 1.54) is 16.7 Å². The molecule has 4 heterocycles. The van der Waals surface area contributed by atoms with Crippen LogP contribution in [0.15, 0.2) is 59.5 Å². The zero-order valence-electron chi connectivity index (χ0n) is 19.6. The number of halogens is 1. The third-order valence-corrected chi connectivity index (χ3v) is 6.39. The first-order valence-electron chi connectivity index (χ1n) is 11.4. The number of aromatic nitrogens is 5. The number of anilines is 3. The van der Waals surface area contributed by atoms with Crippen molar-refractivity contribution in [2.24, 2.45) is 0 Å². The molecule has 182 valence electrons. The Bertz CT molecular complexity index is 1670. The van der Waals surface area contributed by atoms with Gasteiger partial charge in [-0.15, -0.1) is 0 Å². The highest BCUT2D eigenvalue weighted by Crippen LogP contribution is 2.33. The number of aromatic amines is 1. The molecule has 2 aromatic carbocycles. The molecule has 0 spiro atoms. The van der Waals surface area contributed by atoms with Crippen molar-refractivity contribution in [3.05, 3.63) is 70.9 Å². The Balaban J connectivity index is 1.41. The lowest BCUT2D eigenvalue weighted by Gasteiger charge is -2.35. The topological polar surface area (TPSA) is 118 Å². The van der Waals surface area contributed by atoms with Gasteiger partial charge in [-0.2, -0.15) is 10.1 Å². The molecule has 36 heavy (non-hydrogen) atoms. The minimum absolute atomic E-state index is 0.123. The molecular weight excluding hydrogens is 463 g/mol. The molecule has 3 aromatic heterocycles. The van der Waals surface area contributed by atoms with E-state index in [0.29, 0.717) is 52.4 Å². The number of ether oxygens (including phenoxy) is 1. The van der Waals surface area contributed by atoms with Crippen LogP contribution >= 0.6 is 0 Å². The van der Waals surface area contributed by atoms with E-state index in [9.17, 15) is 9.18 Å². The lowest BCUT2D eigenvalue weighted by atomic mass is 10.2. The van der Waals surface area contributed by atoms with Crippen molar-refractivity contribution in [3.63, 3.8) is 0 Å². The Morgan fingerprint density at radius 3 is 2.86 bits per heavy atom. The van der Waals surface area contributed by atoms with E-state index >= 15 is 0 Å². The van der Waals surface area contributed by atoms with Crippen LogP contribution in [0.2, 0.25) is 0 Å². The van der Waals surface area contributed by atoms with Crippen LogP contribution in [0.25, 0.3) is 27.6 Å². The highest BCUT2D eigenvalue weighted by molar-refractivity contribution is 6.05. The molecule has 6 rings (SSSR count). The summed E-state index contributed by atoms with van der Waals surface area (Å²) in [6.07, 6.45) is 1.41. The first-order valence-corrected chi connectivity index (χ1v) is 11.4. The third kappa shape index (κ3) is 3.47. The molecule has 0 fully saturated rings. The van der Waals surface area contributed by atoms with Gasteiger partial charge in [-0.05, 0) is 24.3 Å². The van der Waals surface area contributed by atoms with Crippen LogP contribution in [0.3, 0.4) is 0 Å². The fraction of sp³-hybridized carbons (Fsp3) is 0.200. The fourth-order valence-electron chi connectivity index (χ4n) is 4.69. The number of nitrogens with one attached hydrogen (secondary N) is 1. The van der Waals surface area contributed by atoms with E-state index in [-0.39, 0.29) is 23.3 Å². The zero-order valence-corrected chi connectivity index (χ0v) is 19.6. The lowest BCUT2D eigenvalue weighted by Crippen LogP contribution is -2.44. The molecule has 1 aliphatic heterocycles. The first-order chi connectivity index (χ1) is 17.4. The largest absolute Gasteiger partial charge is 0.484 e. The molecular formula is C25H23FN8O2. The quantitative estimate of drug-likeness (QED) is 0.398. The van der Waals surface area contributed by atoms with Crippen LogP contribution in [0, 0.1) is 5.82 Å². The molecule has 0 bridgehead atoms. The molecule has 0 radical (unpaired) electrons. The van der Waals surface area contributed by atoms with Crippen molar-refractivity contribution in [1.82, 2.24) is 24.7 Å². The van der Waals surface area contributed by atoms with Crippen molar-refractivity contribution < 1.29 is 9.13 Å².